The standard InChI is InChI=1S/C30H38N4O3S/c1-21-15-22(2)17-23(16-21)20-38-30-33-32-28(34(30)25-10-7-11-26(18-25)36-3)13-8-14-29(35)31-19-24-9-5-6-12-27(24)37-4/h7,9-12,15-16,18,22H,5-6,8,13-14,17,19-20H2,1-4H3,(H,31,35). The quantitative estimate of drug-likeness (QED) is 0.338. The lowest BCUT2D eigenvalue weighted by atomic mass is 9.93. The number of thioether (sulfide) groups is 1. The topological polar surface area (TPSA) is 78.3 Å². The number of nitrogens with one attached hydrogen (secondary N) is 1. The Bertz CT molecular complexity index is 1260. The van der Waals surface area contributed by atoms with Crippen LogP contribution in [0.3, 0.4) is 0 Å². The second-order valence-corrected chi connectivity index (χ2v) is 10.8. The molecule has 1 amide bonds. The van der Waals surface area contributed by atoms with Crippen LogP contribution in [0.1, 0.15) is 51.8 Å². The van der Waals surface area contributed by atoms with Crippen molar-refractivity contribution in [3.63, 3.8) is 0 Å². The number of benzene rings is 1. The number of rotatable bonds is 12. The summed E-state index contributed by atoms with van der Waals surface area (Å²) >= 11 is 1.70. The third-order valence-electron chi connectivity index (χ3n) is 6.67. The molecule has 0 saturated carbocycles. The van der Waals surface area contributed by atoms with Gasteiger partial charge < -0.3 is 14.8 Å². The first-order chi connectivity index (χ1) is 18.5. The molecule has 1 atom stereocenters. The van der Waals surface area contributed by atoms with Gasteiger partial charge in [-0.15, -0.1) is 10.2 Å². The van der Waals surface area contributed by atoms with E-state index in [1.807, 2.05) is 24.3 Å². The van der Waals surface area contributed by atoms with E-state index in [1.165, 1.54) is 11.1 Å². The van der Waals surface area contributed by atoms with Crippen LogP contribution in [0.4, 0.5) is 0 Å². The maximum atomic E-state index is 12.6. The Kier molecular flexibility index (Phi) is 9.87. The van der Waals surface area contributed by atoms with Crippen molar-refractivity contribution in [1.29, 1.82) is 0 Å². The van der Waals surface area contributed by atoms with Gasteiger partial charge >= 0.3 is 0 Å². The fourth-order valence-corrected chi connectivity index (χ4v) is 5.89. The molecule has 4 rings (SSSR count). The molecule has 7 nitrogen and oxygen atoms in total. The lowest BCUT2D eigenvalue weighted by molar-refractivity contribution is -0.121. The fraction of sp³-hybridized carbons (Fsp3) is 0.433. The highest BCUT2D eigenvalue weighted by atomic mass is 32.2. The third-order valence-corrected chi connectivity index (χ3v) is 7.70. The van der Waals surface area contributed by atoms with Crippen LogP contribution in [0.2, 0.25) is 0 Å². The summed E-state index contributed by atoms with van der Waals surface area (Å²) in [6.07, 6.45) is 13.6. The summed E-state index contributed by atoms with van der Waals surface area (Å²) in [4.78, 5) is 12.6. The van der Waals surface area contributed by atoms with Crippen molar-refractivity contribution < 1.29 is 14.3 Å². The minimum atomic E-state index is 0.0238. The molecule has 1 N–H and O–H groups in total. The summed E-state index contributed by atoms with van der Waals surface area (Å²) in [5, 5.41) is 13.0. The van der Waals surface area contributed by atoms with Gasteiger partial charge in [0.05, 0.1) is 19.9 Å². The zero-order valence-corrected chi connectivity index (χ0v) is 23.6. The zero-order valence-electron chi connectivity index (χ0n) is 22.8. The molecule has 8 heteroatoms. The van der Waals surface area contributed by atoms with Crippen LogP contribution in [-0.4, -0.2) is 47.2 Å². The first kappa shape index (κ1) is 27.8. The van der Waals surface area contributed by atoms with Crippen molar-refractivity contribution in [1.82, 2.24) is 20.1 Å². The Morgan fingerprint density at radius 1 is 1.18 bits per heavy atom. The average Bonchev–Trinajstić information content (AvgIpc) is 3.33. The van der Waals surface area contributed by atoms with Crippen LogP contribution in [0.25, 0.3) is 5.69 Å². The van der Waals surface area contributed by atoms with Gasteiger partial charge in [0, 0.05) is 36.8 Å². The van der Waals surface area contributed by atoms with E-state index >= 15 is 0 Å². The lowest BCUT2D eigenvalue weighted by Crippen LogP contribution is -2.26. The fourth-order valence-electron chi connectivity index (χ4n) is 4.94. The molecule has 202 valence electrons. The van der Waals surface area contributed by atoms with E-state index in [4.69, 9.17) is 9.47 Å². The van der Waals surface area contributed by atoms with Crippen LogP contribution < -0.4 is 10.1 Å². The van der Waals surface area contributed by atoms with Crippen molar-refractivity contribution >= 4 is 17.7 Å². The predicted octanol–water partition coefficient (Wildman–Crippen LogP) is 5.97. The normalized spacial score (nSPS) is 17.2. The Morgan fingerprint density at radius 2 is 2.03 bits per heavy atom. The van der Waals surface area contributed by atoms with Crippen molar-refractivity contribution in [3.8, 4) is 11.4 Å². The number of hydrogen-bond donors (Lipinski definition) is 1. The minimum Gasteiger partial charge on any atom is -0.497 e. The molecule has 2 aliphatic rings. The molecule has 0 bridgehead atoms. The number of aryl methyl sites for hydroxylation is 1. The number of aromatic nitrogens is 3. The molecule has 38 heavy (non-hydrogen) atoms. The van der Waals surface area contributed by atoms with Crippen molar-refractivity contribution in [2.45, 2.75) is 57.5 Å². The highest BCUT2D eigenvalue weighted by Crippen LogP contribution is 2.30. The summed E-state index contributed by atoms with van der Waals surface area (Å²) in [6.45, 7) is 4.91. The van der Waals surface area contributed by atoms with E-state index in [-0.39, 0.29) is 5.91 Å². The summed E-state index contributed by atoms with van der Waals surface area (Å²) < 4.78 is 13.0. The zero-order chi connectivity index (χ0) is 26.9. The second kappa shape index (κ2) is 13.5. The van der Waals surface area contributed by atoms with Gasteiger partial charge in [0.1, 0.15) is 17.3 Å². The van der Waals surface area contributed by atoms with Crippen molar-refractivity contribution in [2.75, 3.05) is 26.5 Å². The maximum Gasteiger partial charge on any atom is 0.220 e. The van der Waals surface area contributed by atoms with Crippen LogP contribution >= 0.6 is 11.8 Å². The number of allylic oxidation sites excluding steroid dienone is 5. The number of carbonyl (C=O) groups is 1. The molecule has 0 saturated heterocycles. The number of hydrogen-bond acceptors (Lipinski definition) is 6. The lowest BCUT2D eigenvalue weighted by Gasteiger charge is -2.17. The number of nitrogens with zero attached hydrogens (tertiary/aromatic N) is 3. The molecule has 1 aromatic carbocycles. The maximum absolute atomic E-state index is 12.6. The first-order valence-electron chi connectivity index (χ1n) is 13.3. The molecular weight excluding hydrogens is 496 g/mol. The van der Waals surface area contributed by atoms with E-state index in [0.29, 0.717) is 31.7 Å². The van der Waals surface area contributed by atoms with Gasteiger partial charge in [0.2, 0.25) is 5.91 Å². The Hall–Kier alpha value is -3.26. The monoisotopic (exact) mass is 534 g/mol. The Morgan fingerprint density at radius 3 is 2.82 bits per heavy atom. The van der Waals surface area contributed by atoms with Crippen LogP contribution in [0.15, 0.2) is 76.2 Å². The largest absolute Gasteiger partial charge is 0.497 e. The summed E-state index contributed by atoms with van der Waals surface area (Å²) in [7, 11) is 3.34. The van der Waals surface area contributed by atoms with Crippen LogP contribution in [-0.2, 0) is 16.0 Å². The number of methoxy groups -OCH3 is 2. The highest BCUT2D eigenvalue weighted by Gasteiger charge is 2.18. The number of ether oxygens (including phenoxy) is 2. The predicted molar refractivity (Wildman–Crippen MR) is 153 cm³/mol. The molecule has 0 radical (unpaired) electrons. The molecule has 1 aromatic heterocycles. The number of carbonyl (C=O) groups excluding carboxylic acids is 1. The Balaban J connectivity index is 1.41. The average molecular weight is 535 g/mol. The van der Waals surface area contributed by atoms with E-state index in [2.05, 4.69) is 58.2 Å². The van der Waals surface area contributed by atoms with Gasteiger partial charge in [0.15, 0.2) is 5.16 Å². The molecule has 0 spiro atoms. The molecule has 2 aromatic rings. The number of amides is 1. The second-order valence-electron chi connectivity index (χ2n) is 9.83. The van der Waals surface area contributed by atoms with Crippen molar-refractivity contribution in [3.05, 3.63) is 76.9 Å². The first-order valence-corrected chi connectivity index (χ1v) is 14.2. The van der Waals surface area contributed by atoms with Gasteiger partial charge in [-0.1, -0.05) is 54.1 Å². The Labute approximate surface area is 230 Å². The smallest absolute Gasteiger partial charge is 0.220 e. The summed E-state index contributed by atoms with van der Waals surface area (Å²) in [5.41, 5.74) is 4.74. The van der Waals surface area contributed by atoms with Gasteiger partial charge in [-0.2, -0.15) is 0 Å². The minimum absolute atomic E-state index is 0.0238. The van der Waals surface area contributed by atoms with E-state index in [9.17, 15) is 4.79 Å². The molecule has 0 aliphatic heterocycles. The summed E-state index contributed by atoms with van der Waals surface area (Å²) in [5.74, 6) is 3.93. The van der Waals surface area contributed by atoms with E-state index in [1.54, 1.807) is 26.0 Å². The van der Waals surface area contributed by atoms with Gasteiger partial charge in [-0.3, -0.25) is 9.36 Å². The van der Waals surface area contributed by atoms with Gasteiger partial charge in [0.25, 0.3) is 0 Å². The molecule has 1 unspecified atom stereocenters. The SMILES string of the molecule is COC1=CCCC=C1CNC(=O)CCCc1nnc(SCC2=CC(C)=CC(C)C2)n1-c1cccc(OC)c1. The van der Waals surface area contributed by atoms with E-state index < -0.39 is 0 Å². The van der Waals surface area contributed by atoms with Crippen molar-refractivity contribution in [2.24, 2.45) is 5.92 Å². The van der Waals surface area contributed by atoms with Crippen LogP contribution in [0, 0.1) is 5.92 Å². The van der Waals surface area contributed by atoms with Gasteiger partial charge in [-0.25, -0.2) is 0 Å². The van der Waals surface area contributed by atoms with E-state index in [0.717, 1.165) is 58.8 Å². The molecular formula is C30H38N4O3S. The molecule has 2 aliphatic carbocycles. The van der Waals surface area contributed by atoms with Gasteiger partial charge in [-0.05, 0) is 56.7 Å². The molecule has 1 heterocycles. The highest BCUT2D eigenvalue weighted by molar-refractivity contribution is 7.99. The summed E-state index contributed by atoms with van der Waals surface area (Å²) in [6, 6.07) is 7.94. The van der Waals surface area contributed by atoms with Crippen LogP contribution in [0.5, 0.6) is 5.75 Å². The third kappa shape index (κ3) is 7.40. The molecule has 0 fully saturated rings.